The summed E-state index contributed by atoms with van der Waals surface area (Å²) < 4.78 is 12.0. The molecule has 1 atom stereocenters. The summed E-state index contributed by atoms with van der Waals surface area (Å²) in [7, 11) is 0. The molecule has 2 heterocycles. The Morgan fingerprint density at radius 2 is 1.83 bits per heavy atom. The topological polar surface area (TPSA) is 73.5 Å². The Labute approximate surface area is 177 Å². The summed E-state index contributed by atoms with van der Waals surface area (Å²) in [6, 6.07) is 17.4. The van der Waals surface area contributed by atoms with Crippen molar-refractivity contribution in [3.8, 4) is 28.5 Å². The first kappa shape index (κ1) is 19.9. The highest BCUT2D eigenvalue weighted by atomic mass is 16.5. The second kappa shape index (κ2) is 9.41. The van der Waals surface area contributed by atoms with E-state index < -0.39 is 0 Å². The van der Waals surface area contributed by atoms with E-state index in [0.717, 1.165) is 43.1 Å². The zero-order valence-corrected chi connectivity index (χ0v) is 16.9. The van der Waals surface area contributed by atoms with Crippen molar-refractivity contribution in [2.45, 2.75) is 6.42 Å². The highest BCUT2D eigenvalue weighted by Gasteiger charge is 2.23. The van der Waals surface area contributed by atoms with E-state index >= 15 is 0 Å². The Bertz CT molecular complexity index is 976. The van der Waals surface area contributed by atoms with E-state index in [0.29, 0.717) is 29.8 Å². The van der Waals surface area contributed by atoms with Gasteiger partial charge < -0.3 is 15.2 Å². The van der Waals surface area contributed by atoms with Crippen LogP contribution in [0.3, 0.4) is 0 Å². The molecular weight excluding hydrogens is 376 g/mol. The fourth-order valence-corrected chi connectivity index (χ4v) is 3.67. The lowest BCUT2D eigenvalue weighted by atomic mass is 10.1. The molecule has 4 rings (SSSR count). The van der Waals surface area contributed by atoms with Gasteiger partial charge >= 0.3 is 0 Å². The smallest absolute Gasteiger partial charge is 0.226 e. The number of anilines is 1. The van der Waals surface area contributed by atoms with Crippen LogP contribution in [-0.4, -0.2) is 41.1 Å². The van der Waals surface area contributed by atoms with Gasteiger partial charge in [-0.2, -0.15) is 0 Å². The fourth-order valence-electron chi connectivity index (χ4n) is 3.67. The molecule has 2 aromatic carbocycles. The van der Waals surface area contributed by atoms with Crippen LogP contribution in [0.25, 0.3) is 11.1 Å². The standard InChI is InChI=1S/C24H26N4O2/c1-2-13-28-14-12-18(15-28)16-29-24-22(23(25)26-17-27-24)19-8-10-21(11-9-19)30-20-6-4-3-5-7-20/h2-11,17-18H,1,12-16H2,(H2,25,26,27). The number of nitrogens with zero attached hydrogens (tertiary/aromatic N) is 3. The minimum absolute atomic E-state index is 0.399. The lowest BCUT2D eigenvalue weighted by Crippen LogP contribution is -2.22. The van der Waals surface area contributed by atoms with Crippen LogP contribution < -0.4 is 15.2 Å². The highest BCUT2D eigenvalue weighted by Crippen LogP contribution is 2.34. The monoisotopic (exact) mass is 402 g/mol. The molecule has 0 aliphatic carbocycles. The first-order chi connectivity index (χ1) is 14.7. The quantitative estimate of drug-likeness (QED) is 0.563. The minimum Gasteiger partial charge on any atom is -0.477 e. The van der Waals surface area contributed by atoms with E-state index in [1.807, 2.05) is 60.7 Å². The molecule has 0 bridgehead atoms. The molecule has 1 aliphatic heterocycles. The summed E-state index contributed by atoms with van der Waals surface area (Å²) >= 11 is 0. The van der Waals surface area contributed by atoms with E-state index in [9.17, 15) is 0 Å². The summed E-state index contributed by atoms with van der Waals surface area (Å²) in [5, 5.41) is 0. The van der Waals surface area contributed by atoms with Crippen molar-refractivity contribution in [2.24, 2.45) is 5.92 Å². The number of aromatic nitrogens is 2. The Morgan fingerprint density at radius 3 is 2.60 bits per heavy atom. The lowest BCUT2D eigenvalue weighted by Gasteiger charge is -2.16. The van der Waals surface area contributed by atoms with E-state index in [1.165, 1.54) is 6.33 Å². The Morgan fingerprint density at radius 1 is 1.07 bits per heavy atom. The van der Waals surface area contributed by atoms with Gasteiger partial charge in [-0.15, -0.1) is 6.58 Å². The molecule has 30 heavy (non-hydrogen) atoms. The van der Waals surface area contributed by atoms with Crippen molar-refractivity contribution in [1.82, 2.24) is 14.9 Å². The molecule has 3 aromatic rings. The van der Waals surface area contributed by atoms with Crippen molar-refractivity contribution in [1.29, 1.82) is 0 Å². The predicted octanol–water partition coefficient (Wildman–Crippen LogP) is 4.40. The van der Waals surface area contributed by atoms with Crippen molar-refractivity contribution in [2.75, 3.05) is 32.0 Å². The number of benzene rings is 2. The van der Waals surface area contributed by atoms with Crippen LogP contribution in [0.5, 0.6) is 17.4 Å². The first-order valence-electron chi connectivity index (χ1n) is 10.1. The number of hydrogen-bond donors (Lipinski definition) is 1. The molecule has 6 heteroatoms. The molecule has 154 valence electrons. The zero-order valence-electron chi connectivity index (χ0n) is 16.9. The molecule has 1 saturated heterocycles. The third-order valence-electron chi connectivity index (χ3n) is 5.18. The number of nitrogens with two attached hydrogens (primary N) is 1. The number of rotatable bonds is 8. The Balaban J connectivity index is 1.47. The van der Waals surface area contributed by atoms with Crippen molar-refractivity contribution in [3.05, 3.63) is 73.6 Å². The normalized spacial score (nSPS) is 16.3. The van der Waals surface area contributed by atoms with Crippen LogP contribution in [0.1, 0.15) is 6.42 Å². The van der Waals surface area contributed by atoms with Crippen LogP contribution in [-0.2, 0) is 0 Å². The molecular formula is C24H26N4O2. The maximum atomic E-state index is 6.18. The maximum absolute atomic E-state index is 6.18. The molecule has 1 fully saturated rings. The van der Waals surface area contributed by atoms with Crippen LogP contribution in [0.2, 0.25) is 0 Å². The van der Waals surface area contributed by atoms with Crippen LogP contribution in [0.15, 0.2) is 73.6 Å². The van der Waals surface area contributed by atoms with E-state index in [-0.39, 0.29) is 0 Å². The molecule has 1 aliphatic rings. The SMILES string of the molecule is C=CCN1CCC(COc2ncnc(N)c2-c2ccc(Oc3ccccc3)cc2)C1. The van der Waals surface area contributed by atoms with Gasteiger partial charge in [-0.25, -0.2) is 9.97 Å². The third kappa shape index (κ3) is 4.78. The average Bonchev–Trinajstić information content (AvgIpc) is 3.22. The zero-order chi connectivity index (χ0) is 20.8. The molecule has 0 spiro atoms. The summed E-state index contributed by atoms with van der Waals surface area (Å²) in [6.07, 6.45) is 4.49. The summed E-state index contributed by atoms with van der Waals surface area (Å²) in [5.41, 5.74) is 7.78. The van der Waals surface area contributed by atoms with Gasteiger partial charge in [0.2, 0.25) is 5.88 Å². The average molecular weight is 402 g/mol. The van der Waals surface area contributed by atoms with Gasteiger partial charge in [-0.3, -0.25) is 4.90 Å². The molecule has 6 nitrogen and oxygen atoms in total. The van der Waals surface area contributed by atoms with Gasteiger partial charge in [0.05, 0.1) is 12.2 Å². The van der Waals surface area contributed by atoms with Gasteiger partial charge in [-0.1, -0.05) is 36.4 Å². The van der Waals surface area contributed by atoms with Crippen molar-refractivity contribution in [3.63, 3.8) is 0 Å². The van der Waals surface area contributed by atoms with Crippen molar-refractivity contribution >= 4 is 5.82 Å². The van der Waals surface area contributed by atoms with Gasteiger partial charge in [0.1, 0.15) is 23.6 Å². The summed E-state index contributed by atoms with van der Waals surface area (Å²) in [4.78, 5) is 10.9. The maximum Gasteiger partial charge on any atom is 0.226 e. The van der Waals surface area contributed by atoms with Crippen LogP contribution in [0.4, 0.5) is 5.82 Å². The summed E-state index contributed by atoms with van der Waals surface area (Å²) in [6.45, 7) is 7.41. The van der Waals surface area contributed by atoms with Gasteiger partial charge in [0, 0.05) is 19.0 Å². The van der Waals surface area contributed by atoms with Crippen LogP contribution >= 0.6 is 0 Å². The number of likely N-dealkylation sites (tertiary alicyclic amines) is 1. The van der Waals surface area contributed by atoms with Crippen LogP contribution in [0, 0.1) is 5.92 Å². The molecule has 1 aromatic heterocycles. The van der Waals surface area contributed by atoms with E-state index in [1.54, 1.807) is 0 Å². The Kier molecular flexibility index (Phi) is 6.25. The number of ether oxygens (including phenoxy) is 2. The van der Waals surface area contributed by atoms with Gasteiger partial charge in [-0.05, 0) is 42.8 Å². The van der Waals surface area contributed by atoms with E-state index in [2.05, 4.69) is 21.4 Å². The fraction of sp³-hybridized carbons (Fsp3) is 0.250. The second-order valence-electron chi connectivity index (χ2n) is 7.39. The summed E-state index contributed by atoms with van der Waals surface area (Å²) in [5.74, 6) is 2.92. The number of para-hydroxylation sites is 1. The second-order valence-corrected chi connectivity index (χ2v) is 7.39. The van der Waals surface area contributed by atoms with Crippen molar-refractivity contribution < 1.29 is 9.47 Å². The number of hydrogen-bond acceptors (Lipinski definition) is 6. The lowest BCUT2D eigenvalue weighted by molar-refractivity contribution is 0.238. The highest BCUT2D eigenvalue weighted by molar-refractivity contribution is 5.78. The largest absolute Gasteiger partial charge is 0.477 e. The Hall–Kier alpha value is -3.38. The van der Waals surface area contributed by atoms with E-state index in [4.69, 9.17) is 15.2 Å². The molecule has 0 radical (unpaired) electrons. The molecule has 0 amide bonds. The van der Waals surface area contributed by atoms with Gasteiger partial charge in [0.25, 0.3) is 0 Å². The van der Waals surface area contributed by atoms with Gasteiger partial charge in [0.15, 0.2) is 0 Å². The molecule has 2 N–H and O–H groups in total. The first-order valence-corrected chi connectivity index (χ1v) is 10.1. The molecule has 0 saturated carbocycles. The third-order valence-corrected chi connectivity index (χ3v) is 5.18. The molecule has 1 unspecified atom stereocenters. The minimum atomic E-state index is 0.399. The predicted molar refractivity (Wildman–Crippen MR) is 119 cm³/mol. The number of nitrogen functional groups attached to an aromatic ring is 1.